The highest BCUT2D eigenvalue weighted by molar-refractivity contribution is 6.93. The molecular weight excluding hydrogens is 376 g/mol. The Morgan fingerprint density at radius 1 is 0.917 bits per heavy atom. The number of rotatable bonds is 4. The number of hydrogen-bond acceptors (Lipinski definition) is 6. The molecule has 1 atom stereocenters. The summed E-state index contributed by atoms with van der Waals surface area (Å²) in [6.45, 7) is 21.2. The second-order valence-corrected chi connectivity index (χ2v) is 22.0. The summed E-state index contributed by atoms with van der Waals surface area (Å²) >= 11 is 0. The molecule has 1 unspecified atom stereocenters. The van der Waals surface area contributed by atoms with Crippen LogP contribution in [0.5, 0.6) is 0 Å². The lowest BCUT2D eigenvalue weighted by Crippen LogP contribution is -2.69. The van der Waals surface area contributed by atoms with Crippen LogP contribution in [-0.2, 0) is 26.0 Å². The minimum absolute atomic E-state index is 0.367. The molecule has 140 valence electrons. The average Bonchev–Trinajstić information content (AvgIpc) is 2.28. The molecule has 0 aromatic rings. The highest BCUT2D eigenvalue weighted by atomic mass is 28.5. The summed E-state index contributed by atoms with van der Waals surface area (Å²) in [5.74, 6) is -0.416. The van der Waals surface area contributed by atoms with Gasteiger partial charge in [-0.05, 0) is 59.2 Å². The highest BCUT2D eigenvalue weighted by Gasteiger charge is 2.56. The molecule has 0 aromatic heterocycles. The standard InChI is InChI=1S/C14H32O6Si4/c1-11-13(16-14(15)12(2)3)24(10)19-22(6,7)17-21(4,5)18-23(8,9)20-24/h13H,2,11H2,1,3-10H3. The van der Waals surface area contributed by atoms with E-state index in [1.807, 2.05) is 52.8 Å². The third kappa shape index (κ3) is 6.02. The highest BCUT2D eigenvalue weighted by Crippen LogP contribution is 2.33. The van der Waals surface area contributed by atoms with Crippen LogP contribution in [0.3, 0.4) is 0 Å². The summed E-state index contributed by atoms with van der Waals surface area (Å²) in [5, 5.41) is 0. The third-order valence-electron chi connectivity index (χ3n) is 3.43. The number of hydrogen-bond donors (Lipinski definition) is 0. The Bertz CT molecular complexity index is 483. The van der Waals surface area contributed by atoms with E-state index in [1.165, 1.54) is 0 Å². The van der Waals surface area contributed by atoms with E-state index in [1.54, 1.807) is 6.92 Å². The molecule has 1 heterocycles. The van der Waals surface area contributed by atoms with Crippen LogP contribution in [0, 0.1) is 0 Å². The van der Waals surface area contributed by atoms with Crippen molar-refractivity contribution in [2.75, 3.05) is 0 Å². The van der Waals surface area contributed by atoms with Crippen LogP contribution in [0.4, 0.5) is 0 Å². The maximum Gasteiger partial charge on any atom is 0.359 e. The maximum atomic E-state index is 12.0. The van der Waals surface area contributed by atoms with Crippen molar-refractivity contribution in [2.24, 2.45) is 0 Å². The predicted molar refractivity (Wildman–Crippen MR) is 103 cm³/mol. The van der Waals surface area contributed by atoms with E-state index in [9.17, 15) is 4.79 Å². The van der Waals surface area contributed by atoms with E-state index < -0.39 is 45.9 Å². The molecule has 0 bridgehead atoms. The zero-order valence-corrected chi connectivity index (χ0v) is 20.4. The molecule has 0 radical (unpaired) electrons. The largest absolute Gasteiger partial charge is 0.457 e. The van der Waals surface area contributed by atoms with Crippen LogP contribution in [0.25, 0.3) is 0 Å². The fraction of sp³-hybridized carbons (Fsp3) is 0.786. The van der Waals surface area contributed by atoms with Crippen molar-refractivity contribution in [3.63, 3.8) is 0 Å². The van der Waals surface area contributed by atoms with Crippen molar-refractivity contribution in [3.8, 4) is 0 Å². The lowest BCUT2D eigenvalue weighted by molar-refractivity contribution is -0.142. The van der Waals surface area contributed by atoms with Crippen molar-refractivity contribution >= 4 is 40.2 Å². The van der Waals surface area contributed by atoms with Gasteiger partial charge in [-0.15, -0.1) is 0 Å². The molecule has 0 saturated carbocycles. The van der Waals surface area contributed by atoms with E-state index in [2.05, 4.69) is 6.58 Å². The molecule has 0 amide bonds. The van der Waals surface area contributed by atoms with Gasteiger partial charge >= 0.3 is 40.2 Å². The Balaban J connectivity index is 3.20. The summed E-state index contributed by atoms with van der Waals surface area (Å²) in [5.41, 5.74) is -0.0683. The SMILES string of the molecule is C=C(C)C(=O)OC(CC)[Si]1(C)O[Si](C)(C)O[Si](C)(C)O[Si](C)(C)O1. The number of esters is 1. The van der Waals surface area contributed by atoms with Crippen molar-refractivity contribution in [2.45, 2.75) is 71.8 Å². The van der Waals surface area contributed by atoms with E-state index in [0.717, 1.165) is 0 Å². The third-order valence-corrected chi connectivity index (χ3v) is 20.2. The fourth-order valence-electron chi connectivity index (χ4n) is 3.17. The van der Waals surface area contributed by atoms with Gasteiger partial charge in [0.2, 0.25) is 0 Å². The summed E-state index contributed by atoms with van der Waals surface area (Å²) in [7, 11) is -10.2. The van der Waals surface area contributed by atoms with Gasteiger partial charge in [-0.1, -0.05) is 13.5 Å². The predicted octanol–water partition coefficient (Wildman–Crippen LogP) is 3.68. The van der Waals surface area contributed by atoms with E-state index in [4.69, 9.17) is 21.2 Å². The van der Waals surface area contributed by atoms with Gasteiger partial charge < -0.3 is 21.2 Å². The number of ether oxygens (including phenoxy) is 1. The van der Waals surface area contributed by atoms with Crippen molar-refractivity contribution in [1.82, 2.24) is 0 Å². The zero-order valence-electron chi connectivity index (χ0n) is 16.4. The Kier molecular flexibility index (Phi) is 6.65. The summed E-state index contributed by atoms with van der Waals surface area (Å²) in [6, 6.07) is 0. The van der Waals surface area contributed by atoms with E-state index in [-0.39, 0.29) is 0 Å². The summed E-state index contributed by atoms with van der Waals surface area (Å²) in [4.78, 5) is 12.0. The van der Waals surface area contributed by atoms with Gasteiger partial charge in [-0.3, -0.25) is 0 Å². The molecule has 1 fully saturated rings. The molecule has 1 aliphatic heterocycles. The normalized spacial score (nSPS) is 25.9. The molecule has 1 rings (SSSR count). The Labute approximate surface area is 150 Å². The average molecular weight is 409 g/mol. The molecular formula is C14H32O6Si4. The van der Waals surface area contributed by atoms with Crippen LogP contribution < -0.4 is 0 Å². The van der Waals surface area contributed by atoms with E-state index >= 15 is 0 Å². The van der Waals surface area contributed by atoms with Gasteiger partial charge in [0.15, 0.2) is 0 Å². The quantitative estimate of drug-likeness (QED) is 0.402. The number of carbonyl (C=O) groups is 1. The molecule has 24 heavy (non-hydrogen) atoms. The molecule has 10 heteroatoms. The first-order valence-electron chi connectivity index (χ1n) is 8.28. The fourth-order valence-corrected chi connectivity index (χ4v) is 24.7. The topological polar surface area (TPSA) is 63.2 Å². The second-order valence-electron chi connectivity index (χ2n) is 7.71. The van der Waals surface area contributed by atoms with Crippen LogP contribution in [0.15, 0.2) is 12.2 Å². The molecule has 6 nitrogen and oxygen atoms in total. The molecule has 1 saturated heterocycles. The van der Waals surface area contributed by atoms with Gasteiger partial charge in [-0.25, -0.2) is 4.79 Å². The van der Waals surface area contributed by atoms with Crippen molar-refractivity contribution in [1.29, 1.82) is 0 Å². The lowest BCUT2D eigenvalue weighted by atomic mass is 10.4. The van der Waals surface area contributed by atoms with E-state index in [0.29, 0.717) is 12.0 Å². The van der Waals surface area contributed by atoms with Gasteiger partial charge in [0.25, 0.3) is 0 Å². The smallest absolute Gasteiger partial charge is 0.359 e. The minimum atomic E-state index is -2.88. The van der Waals surface area contributed by atoms with Gasteiger partial charge in [0.05, 0.1) is 0 Å². The van der Waals surface area contributed by atoms with Crippen molar-refractivity contribution < 1.29 is 26.0 Å². The van der Waals surface area contributed by atoms with Gasteiger partial charge in [0.1, 0.15) is 5.73 Å². The first-order valence-corrected chi connectivity index (χ1v) is 19.1. The van der Waals surface area contributed by atoms with Crippen LogP contribution in [-0.4, -0.2) is 45.9 Å². The Hall–Kier alpha value is -0.0825. The van der Waals surface area contributed by atoms with Crippen LogP contribution >= 0.6 is 0 Å². The van der Waals surface area contributed by atoms with Gasteiger partial charge in [-0.2, -0.15) is 0 Å². The Morgan fingerprint density at radius 2 is 1.29 bits per heavy atom. The van der Waals surface area contributed by atoms with Crippen LogP contribution in [0.1, 0.15) is 20.3 Å². The lowest BCUT2D eigenvalue weighted by Gasteiger charge is -2.49. The summed E-state index contributed by atoms with van der Waals surface area (Å²) in [6.07, 6.45) is 0.609. The molecule has 0 N–H and O–H groups in total. The first kappa shape index (κ1) is 22.0. The number of carbonyl (C=O) groups excluding carboxylic acids is 1. The van der Waals surface area contributed by atoms with Gasteiger partial charge in [0, 0.05) is 5.57 Å². The Morgan fingerprint density at radius 3 is 1.62 bits per heavy atom. The minimum Gasteiger partial charge on any atom is -0.457 e. The zero-order chi connectivity index (χ0) is 19.0. The molecule has 0 aromatic carbocycles. The first-order chi connectivity index (χ1) is 10.6. The van der Waals surface area contributed by atoms with Crippen molar-refractivity contribution in [3.05, 3.63) is 12.2 Å². The summed E-state index contributed by atoms with van der Waals surface area (Å²) < 4.78 is 31.2. The van der Waals surface area contributed by atoms with Crippen LogP contribution in [0.2, 0.25) is 45.8 Å². The molecule has 1 aliphatic rings. The molecule has 0 aliphatic carbocycles. The molecule has 0 spiro atoms. The maximum absolute atomic E-state index is 12.0. The second kappa shape index (κ2) is 7.27. The monoisotopic (exact) mass is 408 g/mol.